The first kappa shape index (κ1) is 15.4. The van der Waals surface area contributed by atoms with Crippen molar-refractivity contribution in [3.63, 3.8) is 0 Å². The van der Waals surface area contributed by atoms with Gasteiger partial charge in [-0.25, -0.2) is 4.68 Å². The lowest BCUT2D eigenvalue weighted by Gasteiger charge is -2.18. The van der Waals surface area contributed by atoms with Crippen LogP contribution < -0.4 is 0 Å². The quantitative estimate of drug-likeness (QED) is 0.867. The van der Waals surface area contributed by atoms with E-state index in [-0.39, 0.29) is 5.91 Å². The van der Waals surface area contributed by atoms with Crippen LogP contribution in [0.1, 0.15) is 36.2 Å². The van der Waals surface area contributed by atoms with Crippen LogP contribution in [0, 0.1) is 5.92 Å². The summed E-state index contributed by atoms with van der Waals surface area (Å²) >= 11 is 0. The average Bonchev–Trinajstić information content (AvgIpc) is 3.24. The number of aryl methyl sites for hydroxylation is 1. The molecule has 0 saturated carbocycles. The summed E-state index contributed by atoms with van der Waals surface area (Å²) < 4.78 is 1.83. The zero-order valence-electron chi connectivity index (χ0n) is 14.0. The molecule has 1 unspecified atom stereocenters. The van der Waals surface area contributed by atoms with E-state index in [9.17, 15) is 4.79 Å². The highest BCUT2D eigenvalue weighted by Gasteiger charge is 2.27. The van der Waals surface area contributed by atoms with Gasteiger partial charge in [-0.3, -0.25) is 4.79 Å². The molecule has 5 heteroatoms. The summed E-state index contributed by atoms with van der Waals surface area (Å²) in [5.41, 5.74) is 3.63. The van der Waals surface area contributed by atoms with E-state index in [1.165, 1.54) is 24.1 Å². The van der Waals surface area contributed by atoms with Gasteiger partial charge < -0.3 is 4.90 Å². The van der Waals surface area contributed by atoms with Crippen LogP contribution in [-0.2, 0) is 30.6 Å². The number of amides is 1. The Bertz CT molecular complexity index is 709. The Morgan fingerprint density at radius 2 is 2.00 bits per heavy atom. The Labute approximate surface area is 142 Å². The summed E-state index contributed by atoms with van der Waals surface area (Å²) in [6.45, 7) is 2.08. The fraction of sp³-hybridized carbons (Fsp3) is 0.526. The van der Waals surface area contributed by atoms with Crippen LogP contribution in [0.25, 0.3) is 0 Å². The Morgan fingerprint density at radius 3 is 2.88 bits per heavy atom. The molecule has 2 aliphatic rings. The van der Waals surface area contributed by atoms with E-state index in [1.54, 1.807) is 0 Å². The topological polar surface area (TPSA) is 51.0 Å². The minimum absolute atomic E-state index is 0.184. The van der Waals surface area contributed by atoms with Crippen molar-refractivity contribution in [3.05, 3.63) is 47.3 Å². The predicted molar refractivity (Wildman–Crippen MR) is 91.5 cm³/mol. The number of aromatic nitrogens is 3. The Hall–Kier alpha value is -2.17. The number of carbonyl (C=O) groups excluding carboxylic acids is 1. The minimum Gasteiger partial charge on any atom is -0.341 e. The van der Waals surface area contributed by atoms with E-state index in [0.29, 0.717) is 12.5 Å². The molecule has 0 N–H and O–H groups in total. The molecule has 2 heterocycles. The van der Waals surface area contributed by atoms with Crippen LogP contribution in [0.15, 0.2) is 30.3 Å². The molecule has 0 spiro atoms. The molecule has 1 amide bonds. The van der Waals surface area contributed by atoms with Crippen LogP contribution in [0.2, 0.25) is 0 Å². The molecular formula is C19H24N4O. The number of hydrogen-bond donors (Lipinski definition) is 0. The fourth-order valence-corrected chi connectivity index (χ4v) is 3.95. The first-order valence-corrected chi connectivity index (χ1v) is 9.02. The number of carbonyl (C=O) groups is 1. The van der Waals surface area contributed by atoms with Crippen molar-refractivity contribution in [1.29, 1.82) is 0 Å². The van der Waals surface area contributed by atoms with Crippen molar-refractivity contribution in [2.45, 2.75) is 45.1 Å². The zero-order valence-corrected chi connectivity index (χ0v) is 14.0. The third-order valence-electron chi connectivity index (χ3n) is 5.29. The normalized spacial score (nSPS) is 20.2. The van der Waals surface area contributed by atoms with Crippen LogP contribution >= 0.6 is 0 Å². The third kappa shape index (κ3) is 3.21. The zero-order chi connectivity index (χ0) is 16.4. The summed E-state index contributed by atoms with van der Waals surface area (Å²) in [6, 6.07) is 10.6. The Kier molecular flexibility index (Phi) is 4.32. The molecule has 0 radical (unpaired) electrons. The molecular weight excluding hydrogens is 300 g/mol. The molecule has 5 nitrogen and oxygen atoms in total. The smallest absolute Gasteiger partial charge is 0.244 e. The molecule has 1 aliphatic heterocycles. The Morgan fingerprint density at radius 1 is 1.17 bits per heavy atom. The monoisotopic (exact) mass is 324 g/mol. The van der Waals surface area contributed by atoms with Crippen molar-refractivity contribution in [2.75, 3.05) is 13.1 Å². The van der Waals surface area contributed by atoms with E-state index in [2.05, 4.69) is 34.6 Å². The lowest BCUT2D eigenvalue weighted by molar-refractivity contribution is -0.131. The van der Waals surface area contributed by atoms with Gasteiger partial charge in [0, 0.05) is 13.1 Å². The highest BCUT2D eigenvalue weighted by molar-refractivity contribution is 5.76. The molecule has 24 heavy (non-hydrogen) atoms. The van der Waals surface area contributed by atoms with Gasteiger partial charge in [0.15, 0.2) is 0 Å². The van der Waals surface area contributed by atoms with E-state index in [1.807, 2.05) is 15.6 Å². The van der Waals surface area contributed by atoms with Gasteiger partial charge in [-0.15, -0.1) is 5.10 Å². The van der Waals surface area contributed by atoms with Crippen molar-refractivity contribution < 1.29 is 4.79 Å². The highest BCUT2D eigenvalue weighted by Crippen LogP contribution is 2.22. The van der Waals surface area contributed by atoms with Crippen LogP contribution in [0.5, 0.6) is 0 Å². The Balaban J connectivity index is 1.35. The van der Waals surface area contributed by atoms with Crippen LogP contribution in [0.4, 0.5) is 0 Å². The molecule has 1 saturated heterocycles. The first-order chi connectivity index (χ1) is 11.8. The largest absolute Gasteiger partial charge is 0.341 e. The standard InChI is InChI=1S/C19H24N4O/c24-19(14-23-18-9-5-4-8-17(18)20-21-23)22-11-10-16(13-22)12-15-6-2-1-3-7-15/h1-3,6-7,16H,4-5,8-14H2. The molecule has 4 rings (SSSR count). The number of likely N-dealkylation sites (tertiary alicyclic amines) is 1. The summed E-state index contributed by atoms with van der Waals surface area (Å²) in [7, 11) is 0. The van der Waals surface area contributed by atoms with Gasteiger partial charge in [0.05, 0.1) is 11.4 Å². The van der Waals surface area contributed by atoms with Crippen molar-refractivity contribution in [1.82, 2.24) is 19.9 Å². The second-order valence-electron chi connectivity index (χ2n) is 7.03. The number of hydrogen-bond acceptors (Lipinski definition) is 3. The van der Waals surface area contributed by atoms with Crippen LogP contribution in [0.3, 0.4) is 0 Å². The van der Waals surface area contributed by atoms with Gasteiger partial charge in [-0.1, -0.05) is 35.5 Å². The van der Waals surface area contributed by atoms with Crippen molar-refractivity contribution in [3.8, 4) is 0 Å². The van der Waals surface area contributed by atoms with Gasteiger partial charge in [0.1, 0.15) is 6.54 Å². The molecule has 1 fully saturated rings. The van der Waals surface area contributed by atoms with Gasteiger partial charge in [0.25, 0.3) is 0 Å². The maximum atomic E-state index is 12.6. The minimum atomic E-state index is 0.184. The van der Waals surface area contributed by atoms with Gasteiger partial charge >= 0.3 is 0 Å². The number of benzene rings is 1. The lowest BCUT2D eigenvalue weighted by Crippen LogP contribution is -2.33. The molecule has 2 aromatic rings. The molecule has 126 valence electrons. The van der Waals surface area contributed by atoms with E-state index < -0.39 is 0 Å². The maximum Gasteiger partial charge on any atom is 0.244 e. The SMILES string of the molecule is O=C(Cn1nnc2c1CCCC2)N1CCC(Cc2ccccc2)C1. The molecule has 1 aromatic heterocycles. The van der Waals surface area contributed by atoms with Gasteiger partial charge in [-0.05, 0) is 50.0 Å². The average molecular weight is 324 g/mol. The van der Waals surface area contributed by atoms with E-state index in [0.717, 1.165) is 44.5 Å². The van der Waals surface area contributed by atoms with Crippen LogP contribution in [-0.4, -0.2) is 38.9 Å². The van der Waals surface area contributed by atoms with Gasteiger partial charge in [-0.2, -0.15) is 0 Å². The second kappa shape index (κ2) is 6.75. The number of rotatable bonds is 4. The number of nitrogens with zero attached hydrogens (tertiary/aromatic N) is 4. The summed E-state index contributed by atoms with van der Waals surface area (Å²) in [6.07, 6.45) is 6.53. The number of fused-ring (bicyclic) bond motifs is 1. The third-order valence-corrected chi connectivity index (χ3v) is 5.29. The molecule has 1 aliphatic carbocycles. The maximum absolute atomic E-state index is 12.6. The van der Waals surface area contributed by atoms with E-state index >= 15 is 0 Å². The summed E-state index contributed by atoms with van der Waals surface area (Å²) in [5, 5.41) is 8.46. The van der Waals surface area contributed by atoms with Gasteiger partial charge in [0.2, 0.25) is 5.91 Å². The fourth-order valence-electron chi connectivity index (χ4n) is 3.95. The molecule has 1 aromatic carbocycles. The summed E-state index contributed by atoms with van der Waals surface area (Å²) in [5.74, 6) is 0.754. The summed E-state index contributed by atoms with van der Waals surface area (Å²) in [4.78, 5) is 14.6. The highest BCUT2D eigenvalue weighted by atomic mass is 16.2. The van der Waals surface area contributed by atoms with Crippen molar-refractivity contribution in [2.24, 2.45) is 5.92 Å². The predicted octanol–water partition coefficient (Wildman–Crippen LogP) is 2.25. The first-order valence-electron chi connectivity index (χ1n) is 9.02. The molecule has 1 atom stereocenters. The molecule has 0 bridgehead atoms. The van der Waals surface area contributed by atoms with E-state index in [4.69, 9.17) is 0 Å². The second-order valence-corrected chi connectivity index (χ2v) is 7.03. The lowest BCUT2D eigenvalue weighted by atomic mass is 9.99. The van der Waals surface area contributed by atoms with Crippen molar-refractivity contribution >= 4 is 5.91 Å².